The van der Waals surface area contributed by atoms with Crippen molar-refractivity contribution in [3.63, 3.8) is 0 Å². The minimum Gasteiger partial charge on any atom is -0.481 e. The fraction of sp³-hybridized carbons (Fsp3) is 0.750. The topological polar surface area (TPSA) is 80.4 Å². The molecule has 0 aromatic rings. The van der Waals surface area contributed by atoms with Crippen molar-refractivity contribution in [2.45, 2.75) is 41.5 Å². The summed E-state index contributed by atoms with van der Waals surface area (Å²) in [5, 5.41) is 7.72. The van der Waals surface area contributed by atoms with Crippen LogP contribution in [0.5, 0.6) is 0 Å². The van der Waals surface area contributed by atoms with Gasteiger partial charge in [0.05, 0.1) is 0 Å². The van der Waals surface area contributed by atoms with Crippen molar-refractivity contribution in [3.8, 4) is 0 Å². The highest BCUT2D eigenvalue weighted by molar-refractivity contribution is 5.73. The lowest BCUT2D eigenvalue weighted by molar-refractivity contribution is -0.136. The molecule has 0 atom stereocenters. The summed E-state index contributed by atoms with van der Waals surface area (Å²) in [7, 11) is 0. The first kappa shape index (κ1) is 22.4. The zero-order valence-corrected chi connectivity index (χ0v) is 6.26. The van der Waals surface area contributed by atoms with Crippen molar-refractivity contribution in [1.82, 2.24) is 0 Å². The molecule has 4 heteroatoms. The smallest absolute Gasteiger partial charge is 0.303 e. The van der Waals surface area contributed by atoms with E-state index >= 15 is 0 Å². The molecule has 0 heterocycles. The molecule has 1 amide bonds. The third kappa shape index (κ3) is 65.2. The lowest BCUT2D eigenvalue weighted by Gasteiger charge is -1.73. The van der Waals surface area contributed by atoms with Gasteiger partial charge < -0.3 is 10.8 Å². The van der Waals surface area contributed by atoms with Gasteiger partial charge in [-0.2, -0.15) is 0 Å². The van der Waals surface area contributed by atoms with E-state index in [9.17, 15) is 9.59 Å². The Balaban J connectivity index is -0.0000000457. The molecule has 0 fully saturated rings. The van der Waals surface area contributed by atoms with Gasteiger partial charge in [0.25, 0.3) is 0 Å². The minimum absolute atomic E-state index is 0. The van der Waals surface area contributed by atoms with Crippen LogP contribution >= 0.6 is 0 Å². The number of rotatable bonds is 2. The van der Waals surface area contributed by atoms with Crippen LogP contribution in [0.4, 0.5) is 0 Å². The molecular formula is C8H21NO3. The lowest BCUT2D eigenvalue weighted by atomic mass is 10.5. The molecule has 0 saturated heterocycles. The molecule has 0 aliphatic carbocycles. The monoisotopic (exact) mass is 179 g/mol. The van der Waals surface area contributed by atoms with Gasteiger partial charge in [0.15, 0.2) is 0 Å². The highest BCUT2D eigenvalue weighted by Crippen LogP contribution is 1.67. The highest BCUT2D eigenvalue weighted by atomic mass is 16.4. The van der Waals surface area contributed by atoms with E-state index in [4.69, 9.17) is 5.11 Å². The Morgan fingerprint density at radius 3 is 1.33 bits per heavy atom. The second-order valence-corrected chi connectivity index (χ2v) is 1.57. The number of nitrogens with two attached hydrogens (primary N) is 1. The summed E-state index contributed by atoms with van der Waals surface area (Å²) in [5.74, 6) is -0.991. The summed E-state index contributed by atoms with van der Waals surface area (Å²) in [5.41, 5.74) is 4.65. The maximum atomic E-state index is 9.59. The maximum absolute atomic E-state index is 9.59. The van der Waals surface area contributed by atoms with Crippen LogP contribution in [0.1, 0.15) is 41.5 Å². The van der Waals surface area contributed by atoms with E-state index in [0.29, 0.717) is 6.42 Å². The first-order valence-corrected chi connectivity index (χ1v) is 3.04. The number of hydrogen-bond donors (Lipinski definition) is 2. The Morgan fingerprint density at radius 1 is 1.17 bits per heavy atom. The van der Waals surface area contributed by atoms with E-state index in [1.807, 2.05) is 0 Å². The van der Waals surface area contributed by atoms with Crippen molar-refractivity contribution in [1.29, 1.82) is 0 Å². The zero-order valence-electron chi connectivity index (χ0n) is 6.26. The van der Waals surface area contributed by atoms with Gasteiger partial charge in [0, 0.05) is 12.8 Å². The van der Waals surface area contributed by atoms with E-state index < -0.39 is 5.97 Å². The Labute approximate surface area is 74.8 Å². The third-order valence-electron chi connectivity index (χ3n) is 0.651. The molecule has 0 spiro atoms. The molecule has 12 heavy (non-hydrogen) atoms. The Bertz CT molecular complexity index is 98.9. The van der Waals surface area contributed by atoms with Gasteiger partial charge in [-0.3, -0.25) is 9.59 Å². The second kappa shape index (κ2) is 16.5. The number of carboxylic acid groups (broad SMARTS) is 1. The minimum atomic E-state index is -0.745. The standard InChI is InChI=1S/C3H7NO.C3H6O2.2CH4/c2*1-2-3(4)5;;/h2H2,1H3,(H2,4,5);2H2,1H3,(H,4,5);2*1H4. The van der Waals surface area contributed by atoms with E-state index in [1.54, 1.807) is 13.8 Å². The van der Waals surface area contributed by atoms with Crippen LogP contribution in [0.3, 0.4) is 0 Å². The summed E-state index contributed by atoms with van der Waals surface area (Å²) in [6.07, 6.45) is 0.667. The van der Waals surface area contributed by atoms with Crippen molar-refractivity contribution in [3.05, 3.63) is 0 Å². The highest BCUT2D eigenvalue weighted by Gasteiger charge is 1.80. The van der Waals surface area contributed by atoms with E-state index in [0.717, 1.165) is 0 Å². The van der Waals surface area contributed by atoms with Gasteiger partial charge in [0.1, 0.15) is 0 Å². The van der Waals surface area contributed by atoms with Gasteiger partial charge in [-0.05, 0) is 0 Å². The number of carboxylic acids is 1. The molecule has 0 aliphatic heterocycles. The first-order valence-electron chi connectivity index (χ1n) is 3.04. The van der Waals surface area contributed by atoms with Gasteiger partial charge in [0.2, 0.25) is 5.91 Å². The molecule has 0 unspecified atom stereocenters. The number of carbonyl (C=O) groups excluding carboxylic acids is 1. The molecule has 76 valence electrons. The number of aliphatic carboxylic acids is 1. The number of amides is 1. The molecule has 0 bridgehead atoms. The second-order valence-electron chi connectivity index (χ2n) is 1.57. The number of hydrogen-bond acceptors (Lipinski definition) is 2. The zero-order chi connectivity index (χ0) is 8.57. The van der Waals surface area contributed by atoms with Crippen LogP contribution in [0.25, 0.3) is 0 Å². The maximum Gasteiger partial charge on any atom is 0.303 e. The van der Waals surface area contributed by atoms with Crippen LogP contribution in [-0.4, -0.2) is 17.0 Å². The molecule has 0 aliphatic rings. The average Bonchev–Trinajstić information content (AvgIpc) is 1.89. The molecule has 0 aromatic carbocycles. The summed E-state index contributed by atoms with van der Waals surface area (Å²) in [6.45, 7) is 3.32. The molecule has 0 saturated carbocycles. The largest absolute Gasteiger partial charge is 0.481 e. The van der Waals surface area contributed by atoms with Crippen molar-refractivity contribution >= 4 is 11.9 Å². The van der Waals surface area contributed by atoms with Crippen molar-refractivity contribution < 1.29 is 14.7 Å². The Hall–Kier alpha value is -1.06. The fourth-order valence-corrected chi connectivity index (χ4v) is 0. The van der Waals surface area contributed by atoms with Crippen molar-refractivity contribution in [2.24, 2.45) is 5.73 Å². The fourth-order valence-electron chi connectivity index (χ4n) is 0. The Morgan fingerprint density at radius 2 is 1.33 bits per heavy atom. The quantitative estimate of drug-likeness (QED) is 0.676. The lowest BCUT2D eigenvalue weighted by Crippen LogP contribution is -2.06. The average molecular weight is 179 g/mol. The number of primary amides is 1. The summed E-state index contributed by atoms with van der Waals surface area (Å²) in [6, 6.07) is 0. The van der Waals surface area contributed by atoms with Crippen LogP contribution in [0.2, 0.25) is 0 Å². The summed E-state index contributed by atoms with van der Waals surface area (Å²) >= 11 is 0. The van der Waals surface area contributed by atoms with E-state index in [1.165, 1.54) is 0 Å². The first-order chi connectivity index (χ1) is 4.54. The van der Waals surface area contributed by atoms with Crippen LogP contribution in [0.15, 0.2) is 0 Å². The summed E-state index contributed by atoms with van der Waals surface area (Å²) < 4.78 is 0. The Kier molecular flexibility index (Phi) is 30.8. The van der Waals surface area contributed by atoms with Gasteiger partial charge in [-0.25, -0.2) is 0 Å². The number of carbonyl (C=O) groups is 2. The molecule has 0 aromatic heterocycles. The van der Waals surface area contributed by atoms with Gasteiger partial charge in [-0.1, -0.05) is 28.7 Å². The van der Waals surface area contributed by atoms with Crippen LogP contribution < -0.4 is 5.73 Å². The predicted molar refractivity (Wildman–Crippen MR) is 50.9 cm³/mol. The SMILES string of the molecule is C.C.CCC(=O)O.CCC(N)=O. The normalized spacial score (nSPS) is 6.17. The molecule has 0 radical (unpaired) electrons. The van der Waals surface area contributed by atoms with E-state index in [2.05, 4.69) is 5.73 Å². The van der Waals surface area contributed by atoms with E-state index in [-0.39, 0.29) is 27.2 Å². The molecule has 4 nitrogen and oxygen atoms in total. The molecule has 3 N–H and O–H groups in total. The molecule has 0 rings (SSSR count). The summed E-state index contributed by atoms with van der Waals surface area (Å²) in [4.78, 5) is 19.0. The van der Waals surface area contributed by atoms with Gasteiger partial charge in [-0.15, -0.1) is 0 Å². The van der Waals surface area contributed by atoms with Crippen LogP contribution in [0, 0.1) is 0 Å². The van der Waals surface area contributed by atoms with Crippen LogP contribution in [-0.2, 0) is 9.59 Å². The van der Waals surface area contributed by atoms with Gasteiger partial charge >= 0.3 is 5.97 Å². The third-order valence-corrected chi connectivity index (χ3v) is 0.651. The van der Waals surface area contributed by atoms with Crippen molar-refractivity contribution in [2.75, 3.05) is 0 Å². The predicted octanol–water partition coefficient (Wildman–Crippen LogP) is 1.63. The molecular weight excluding hydrogens is 158 g/mol.